The summed E-state index contributed by atoms with van der Waals surface area (Å²) in [6, 6.07) is 6.78. The molecule has 1 aromatic carbocycles. The minimum atomic E-state index is -3.48. The lowest BCUT2D eigenvalue weighted by Crippen LogP contribution is -2.27. The molecule has 0 spiro atoms. The van der Waals surface area contributed by atoms with Crippen LogP contribution in [-0.2, 0) is 26.0 Å². The van der Waals surface area contributed by atoms with Gasteiger partial charge in [-0.1, -0.05) is 12.1 Å². The summed E-state index contributed by atoms with van der Waals surface area (Å²) in [6.45, 7) is 2.10. The molecule has 122 valence electrons. The van der Waals surface area contributed by atoms with Crippen LogP contribution >= 0.6 is 0 Å². The van der Waals surface area contributed by atoms with Crippen molar-refractivity contribution in [2.24, 2.45) is 0 Å². The largest absolute Gasteiger partial charge is 0.383 e. The number of nitrogens with zero attached hydrogens (tertiary/aromatic N) is 1. The van der Waals surface area contributed by atoms with Gasteiger partial charge in [0.25, 0.3) is 0 Å². The molecule has 7 heteroatoms. The molecule has 1 aliphatic rings. The van der Waals surface area contributed by atoms with Gasteiger partial charge in [-0.2, -0.15) is 0 Å². The van der Waals surface area contributed by atoms with Gasteiger partial charge in [-0.3, -0.25) is 4.79 Å². The van der Waals surface area contributed by atoms with Crippen LogP contribution in [0.3, 0.4) is 0 Å². The predicted molar refractivity (Wildman–Crippen MR) is 83.0 cm³/mol. The Morgan fingerprint density at radius 2 is 2.00 bits per heavy atom. The van der Waals surface area contributed by atoms with E-state index in [1.165, 1.54) is 7.11 Å². The average Bonchev–Trinajstić information content (AvgIpc) is 2.91. The zero-order valence-corrected chi connectivity index (χ0v) is 13.6. The van der Waals surface area contributed by atoms with E-state index in [9.17, 15) is 13.2 Å². The molecule has 0 unspecified atom stereocenters. The summed E-state index contributed by atoms with van der Waals surface area (Å²) in [4.78, 5) is 13.6. The summed E-state index contributed by atoms with van der Waals surface area (Å²) >= 11 is 0. The maximum atomic E-state index is 12.0. The molecule has 0 bridgehead atoms. The van der Waals surface area contributed by atoms with Crippen LogP contribution in [0, 0.1) is 0 Å². The van der Waals surface area contributed by atoms with E-state index in [4.69, 9.17) is 4.74 Å². The first kappa shape index (κ1) is 16.9. The summed E-state index contributed by atoms with van der Waals surface area (Å²) in [5.74, 6) is 0.210. The SMILES string of the molecule is COCCNS(=O)(=O)c1ccc(CCN2CCCC2=O)cc1. The molecule has 2 rings (SSSR count). The highest BCUT2D eigenvalue weighted by Crippen LogP contribution is 2.13. The van der Waals surface area contributed by atoms with Crippen LogP contribution in [0.2, 0.25) is 0 Å². The minimum Gasteiger partial charge on any atom is -0.383 e. The van der Waals surface area contributed by atoms with Crippen LogP contribution < -0.4 is 4.72 Å². The van der Waals surface area contributed by atoms with Crippen LogP contribution in [0.25, 0.3) is 0 Å². The van der Waals surface area contributed by atoms with Gasteiger partial charge in [0.2, 0.25) is 15.9 Å². The van der Waals surface area contributed by atoms with Crippen molar-refractivity contribution in [1.82, 2.24) is 9.62 Å². The monoisotopic (exact) mass is 326 g/mol. The lowest BCUT2D eigenvalue weighted by molar-refractivity contribution is -0.127. The van der Waals surface area contributed by atoms with E-state index >= 15 is 0 Å². The molecule has 22 heavy (non-hydrogen) atoms. The minimum absolute atomic E-state index is 0.210. The van der Waals surface area contributed by atoms with Gasteiger partial charge in [-0.15, -0.1) is 0 Å². The van der Waals surface area contributed by atoms with E-state index in [2.05, 4.69) is 4.72 Å². The Balaban J connectivity index is 1.90. The third-order valence-electron chi connectivity index (χ3n) is 3.67. The molecule has 0 aromatic heterocycles. The fourth-order valence-corrected chi connectivity index (χ4v) is 3.41. The maximum absolute atomic E-state index is 12.0. The molecule has 0 atom stereocenters. The first-order valence-electron chi connectivity index (χ1n) is 7.38. The second-order valence-electron chi connectivity index (χ2n) is 5.27. The Hall–Kier alpha value is -1.44. The predicted octanol–water partition coefficient (Wildman–Crippen LogP) is 0.776. The van der Waals surface area contributed by atoms with Gasteiger partial charge in [0, 0.05) is 33.2 Å². The van der Waals surface area contributed by atoms with E-state index in [0.717, 1.165) is 24.9 Å². The first-order valence-corrected chi connectivity index (χ1v) is 8.86. The second kappa shape index (κ2) is 7.71. The van der Waals surface area contributed by atoms with E-state index in [-0.39, 0.29) is 17.3 Å². The Morgan fingerprint density at radius 3 is 2.59 bits per heavy atom. The number of benzene rings is 1. The number of sulfonamides is 1. The fourth-order valence-electron chi connectivity index (χ4n) is 2.40. The topological polar surface area (TPSA) is 75.7 Å². The van der Waals surface area contributed by atoms with E-state index < -0.39 is 10.0 Å². The molecule has 1 heterocycles. The van der Waals surface area contributed by atoms with Crippen molar-refractivity contribution in [2.45, 2.75) is 24.2 Å². The molecule has 0 radical (unpaired) electrons. The third kappa shape index (κ3) is 4.53. The Bertz CT molecular complexity index is 598. The maximum Gasteiger partial charge on any atom is 0.240 e. The van der Waals surface area contributed by atoms with Gasteiger partial charge >= 0.3 is 0 Å². The standard InChI is InChI=1S/C15H22N2O4S/c1-21-12-9-16-22(19,20)14-6-4-13(5-7-14)8-11-17-10-2-3-15(17)18/h4-7,16H,2-3,8-12H2,1H3. The van der Waals surface area contributed by atoms with Crippen molar-refractivity contribution in [3.63, 3.8) is 0 Å². The molecule has 1 N–H and O–H groups in total. The highest BCUT2D eigenvalue weighted by molar-refractivity contribution is 7.89. The number of hydrogen-bond acceptors (Lipinski definition) is 4. The summed E-state index contributed by atoms with van der Waals surface area (Å²) in [6.07, 6.45) is 2.32. The van der Waals surface area contributed by atoms with Crippen LogP contribution in [0.15, 0.2) is 29.2 Å². The number of hydrogen-bond donors (Lipinski definition) is 1. The molecule has 1 amide bonds. The summed E-state index contributed by atoms with van der Waals surface area (Å²) in [5.41, 5.74) is 1.02. The van der Waals surface area contributed by atoms with Crippen LogP contribution in [0.5, 0.6) is 0 Å². The van der Waals surface area contributed by atoms with Crippen molar-refractivity contribution in [2.75, 3.05) is 33.4 Å². The quantitative estimate of drug-likeness (QED) is 0.716. The molecule has 0 aliphatic carbocycles. The highest BCUT2D eigenvalue weighted by atomic mass is 32.2. The smallest absolute Gasteiger partial charge is 0.240 e. The van der Waals surface area contributed by atoms with Crippen LogP contribution in [0.1, 0.15) is 18.4 Å². The Labute approximate surface area is 131 Å². The van der Waals surface area contributed by atoms with Gasteiger partial charge in [0.1, 0.15) is 0 Å². The highest BCUT2D eigenvalue weighted by Gasteiger charge is 2.19. The summed E-state index contributed by atoms with van der Waals surface area (Å²) in [5, 5.41) is 0. The lowest BCUT2D eigenvalue weighted by atomic mass is 10.1. The zero-order chi connectivity index (χ0) is 16.0. The Kier molecular flexibility index (Phi) is 5.93. The number of rotatable bonds is 8. The lowest BCUT2D eigenvalue weighted by Gasteiger charge is -2.15. The number of carbonyl (C=O) groups is 1. The molecular weight excluding hydrogens is 304 g/mol. The third-order valence-corrected chi connectivity index (χ3v) is 5.15. The molecular formula is C15H22N2O4S. The van der Waals surface area contributed by atoms with Gasteiger partial charge < -0.3 is 9.64 Å². The molecule has 1 fully saturated rings. The first-order chi connectivity index (χ1) is 10.5. The van der Waals surface area contributed by atoms with Gasteiger partial charge in [-0.25, -0.2) is 13.1 Å². The van der Waals surface area contributed by atoms with Crippen molar-refractivity contribution in [3.05, 3.63) is 29.8 Å². The van der Waals surface area contributed by atoms with Crippen molar-refractivity contribution >= 4 is 15.9 Å². The summed E-state index contributed by atoms with van der Waals surface area (Å²) in [7, 11) is -1.96. The van der Waals surface area contributed by atoms with Crippen molar-refractivity contribution in [1.29, 1.82) is 0 Å². The zero-order valence-electron chi connectivity index (χ0n) is 12.7. The number of likely N-dealkylation sites (tertiary alicyclic amines) is 1. The van der Waals surface area contributed by atoms with E-state index in [1.54, 1.807) is 24.3 Å². The fraction of sp³-hybridized carbons (Fsp3) is 0.533. The second-order valence-corrected chi connectivity index (χ2v) is 7.04. The molecule has 1 saturated heterocycles. The molecule has 6 nitrogen and oxygen atoms in total. The van der Waals surface area contributed by atoms with Gasteiger partial charge in [-0.05, 0) is 30.5 Å². The van der Waals surface area contributed by atoms with E-state index in [0.29, 0.717) is 19.6 Å². The average molecular weight is 326 g/mol. The molecule has 0 saturated carbocycles. The van der Waals surface area contributed by atoms with Crippen LogP contribution in [0.4, 0.5) is 0 Å². The van der Waals surface area contributed by atoms with Crippen molar-refractivity contribution < 1.29 is 17.9 Å². The van der Waals surface area contributed by atoms with Crippen LogP contribution in [-0.4, -0.2) is 52.6 Å². The molecule has 1 aromatic rings. The number of nitrogens with one attached hydrogen (secondary N) is 1. The van der Waals surface area contributed by atoms with Gasteiger partial charge in [0.15, 0.2) is 0 Å². The van der Waals surface area contributed by atoms with Gasteiger partial charge in [0.05, 0.1) is 11.5 Å². The number of carbonyl (C=O) groups excluding carboxylic acids is 1. The Morgan fingerprint density at radius 1 is 1.27 bits per heavy atom. The summed E-state index contributed by atoms with van der Waals surface area (Å²) < 4.78 is 31.3. The number of methoxy groups -OCH3 is 1. The normalized spacial score (nSPS) is 15.5. The number of amides is 1. The molecule has 1 aliphatic heterocycles. The van der Waals surface area contributed by atoms with E-state index in [1.807, 2.05) is 4.90 Å². The van der Waals surface area contributed by atoms with Crippen molar-refractivity contribution in [3.8, 4) is 0 Å². The number of ether oxygens (including phenoxy) is 1.